The highest BCUT2D eigenvalue weighted by Crippen LogP contribution is 2.61. The molecule has 1 aromatic carbocycles. The van der Waals surface area contributed by atoms with Crippen molar-refractivity contribution in [3.05, 3.63) is 39.4 Å². The van der Waals surface area contributed by atoms with Crippen molar-refractivity contribution in [2.24, 2.45) is 23.2 Å². The zero-order valence-corrected chi connectivity index (χ0v) is 18.2. The molecule has 33 heavy (non-hydrogen) atoms. The van der Waals surface area contributed by atoms with Crippen LogP contribution >= 0.6 is 0 Å². The first-order valence-corrected chi connectivity index (χ1v) is 11.5. The molecule has 1 heterocycles. The van der Waals surface area contributed by atoms with Crippen LogP contribution in [0.15, 0.2) is 18.2 Å². The first kappa shape index (κ1) is 21.5. The molecule has 0 unspecified atom stereocenters. The molecular formula is C23H26N4O6. The van der Waals surface area contributed by atoms with Gasteiger partial charge in [0.2, 0.25) is 11.8 Å². The topological polar surface area (TPSA) is 139 Å². The van der Waals surface area contributed by atoms with Crippen LogP contribution in [0.4, 0.5) is 5.69 Å². The normalized spacial score (nSPS) is 29.2. The number of nitrogens with zero attached hydrogens (tertiary/aromatic N) is 2. The summed E-state index contributed by atoms with van der Waals surface area (Å²) in [5, 5.41) is 11.2. The van der Waals surface area contributed by atoms with Crippen molar-refractivity contribution in [2.45, 2.75) is 51.4 Å². The largest absolute Gasteiger partial charge is 0.282 e. The van der Waals surface area contributed by atoms with Gasteiger partial charge in [0.1, 0.15) is 5.56 Å². The van der Waals surface area contributed by atoms with Gasteiger partial charge in [0.15, 0.2) is 0 Å². The van der Waals surface area contributed by atoms with Gasteiger partial charge in [-0.05, 0) is 67.8 Å². The van der Waals surface area contributed by atoms with Crippen molar-refractivity contribution in [1.82, 2.24) is 15.8 Å². The minimum Gasteiger partial charge on any atom is -0.274 e. The highest BCUT2D eigenvalue weighted by atomic mass is 16.6. The number of rotatable bonds is 6. The zero-order chi connectivity index (χ0) is 23.3. The molecule has 10 nitrogen and oxygen atoms in total. The van der Waals surface area contributed by atoms with Gasteiger partial charge < -0.3 is 0 Å². The maximum absolute atomic E-state index is 12.6. The quantitative estimate of drug-likeness (QED) is 0.384. The fraction of sp³-hybridized carbons (Fsp3) is 0.565. The number of amides is 4. The van der Waals surface area contributed by atoms with E-state index in [0.717, 1.165) is 41.9 Å². The van der Waals surface area contributed by atoms with Crippen molar-refractivity contribution < 1.29 is 24.1 Å². The van der Waals surface area contributed by atoms with Crippen molar-refractivity contribution in [3.63, 3.8) is 0 Å². The van der Waals surface area contributed by atoms with Gasteiger partial charge in [0.05, 0.1) is 10.5 Å². The Balaban J connectivity index is 1.12. The molecular weight excluding hydrogens is 428 g/mol. The van der Waals surface area contributed by atoms with Gasteiger partial charge in [0.25, 0.3) is 17.5 Å². The standard InChI is InChI=1S/C23H26N4O6/c28-18(4-5-26-21(30)16-2-1-3-17(27(32)33)20(16)22(26)31)24-25-19(29)12-23-9-13-6-14(10-23)8-15(7-13)11-23/h1-3,13-15H,4-12H2,(H,24,28)(H,25,29). The second kappa shape index (κ2) is 7.93. The highest BCUT2D eigenvalue weighted by Gasteiger charge is 2.51. The van der Waals surface area contributed by atoms with E-state index in [0.29, 0.717) is 6.42 Å². The van der Waals surface area contributed by atoms with Crippen molar-refractivity contribution in [2.75, 3.05) is 6.54 Å². The molecule has 0 aromatic heterocycles. The third-order valence-corrected chi connectivity index (χ3v) is 7.78. The first-order valence-electron chi connectivity index (χ1n) is 11.5. The van der Waals surface area contributed by atoms with Gasteiger partial charge in [-0.3, -0.25) is 45.0 Å². The fourth-order valence-electron chi connectivity index (χ4n) is 6.98. The summed E-state index contributed by atoms with van der Waals surface area (Å²) in [6, 6.07) is 3.87. The lowest BCUT2D eigenvalue weighted by molar-refractivity contribution is -0.385. The Hall–Kier alpha value is -3.30. The number of nitro benzene ring substituents is 1. The van der Waals surface area contributed by atoms with Crippen LogP contribution in [-0.2, 0) is 9.59 Å². The predicted octanol–water partition coefficient (Wildman–Crippen LogP) is 2.33. The number of carbonyl (C=O) groups excluding carboxylic acids is 4. The molecule has 174 valence electrons. The molecule has 5 aliphatic rings. The second-order valence-electron chi connectivity index (χ2n) is 10.2. The Morgan fingerprint density at radius 2 is 1.61 bits per heavy atom. The second-order valence-corrected chi connectivity index (χ2v) is 10.2. The summed E-state index contributed by atoms with van der Waals surface area (Å²) < 4.78 is 0. The third kappa shape index (κ3) is 3.87. The molecule has 4 amide bonds. The molecule has 0 saturated heterocycles. The smallest absolute Gasteiger partial charge is 0.274 e. The lowest BCUT2D eigenvalue weighted by Gasteiger charge is -2.56. The zero-order valence-electron chi connectivity index (χ0n) is 18.2. The van der Waals surface area contributed by atoms with Crippen molar-refractivity contribution in [3.8, 4) is 0 Å². The molecule has 10 heteroatoms. The minimum absolute atomic E-state index is 0.0431. The number of fused-ring (bicyclic) bond motifs is 1. The van der Waals surface area contributed by atoms with Crippen LogP contribution in [-0.4, -0.2) is 40.0 Å². The number of nitro groups is 1. The Kier molecular flexibility index (Phi) is 5.18. The molecule has 6 rings (SSSR count). The van der Waals surface area contributed by atoms with E-state index in [4.69, 9.17) is 0 Å². The van der Waals surface area contributed by atoms with Crippen LogP contribution in [0.1, 0.15) is 72.1 Å². The molecule has 0 spiro atoms. The average Bonchev–Trinajstić information content (AvgIpc) is 2.99. The molecule has 1 aromatic rings. The van der Waals surface area contributed by atoms with E-state index >= 15 is 0 Å². The number of imide groups is 1. The number of hydrogen-bond donors (Lipinski definition) is 2. The highest BCUT2D eigenvalue weighted by molar-refractivity contribution is 6.23. The number of hydrogen-bond acceptors (Lipinski definition) is 6. The van der Waals surface area contributed by atoms with Crippen molar-refractivity contribution in [1.29, 1.82) is 0 Å². The number of carbonyl (C=O) groups is 4. The molecule has 4 aliphatic carbocycles. The van der Waals surface area contributed by atoms with E-state index in [2.05, 4.69) is 10.9 Å². The van der Waals surface area contributed by atoms with Crippen molar-refractivity contribution >= 4 is 29.3 Å². The maximum Gasteiger partial charge on any atom is 0.282 e. The van der Waals surface area contributed by atoms with Crippen LogP contribution in [0.5, 0.6) is 0 Å². The lowest BCUT2D eigenvalue weighted by Crippen LogP contribution is -2.50. The van der Waals surface area contributed by atoms with Gasteiger partial charge in [-0.1, -0.05) is 6.07 Å². The van der Waals surface area contributed by atoms with Crippen LogP contribution in [0.25, 0.3) is 0 Å². The molecule has 1 aliphatic heterocycles. The first-order chi connectivity index (χ1) is 15.7. The van der Waals surface area contributed by atoms with E-state index < -0.39 is 28.3 Å². The van der Waals surface area contributed by atoms with Gasteiger partial charge in [-0.15, -0.1) is 0 Å². The van der Waals surface area contributed by atoms with Gasteiger partial charge >= 0.3 is 0 Å². The minimum atomic E-state index is -0.791. The van der Waals surface area contributed by atoms with E-state index in [1.54, 1.807) is 0 Å². The van der Waals surface area contributed by atoms with Gasteiger partial charge in [0, 0.05) is 25.5 Å². The van der Waals surface area contributed by atoms with Crippen LogP contribution in [0.2, 0.25) is 0 Å². The summed E-state index contributed by atoms with van der Waals surface area (Å²) in [4.78, 5) is 61.1. The summed E-state index contributed by atoms with van der Waals surface area (Å²) in [6.45, 7) is -0.236. The van der Waals surface area contributed by atoms with Crippen LogP contribution in [0.3, 0.4) is 0 Å². The Morgan fingerprint density at radius 1 is 1.00 bits per heavy atom. The number of nitrogens with one attached hydrogen (secondary N) is 2. The van der Waals surface area contributed by atoms with Crippen LogP contribution < -0.4 is 10.9 Å². The average molecular weight is 454 g/mol. The fourth-order valence-corrected chi connectivity index (χ4v) is 6.98. The predicted molar refractivity (Wildman–Crippen MR) is 115 cm³/mol. The number of hydrazine groups is 1. The Bertz CT molecular complexity index is 1030. The lowest BCUT2D eigenvalue weighted by atomic mass is 9.49. The SMILES string of the molecule is O=C(CCN1C(=O)c2cccc([N+](=O)[O-])c2C1=O)NNC(=O)CC12CC3CC(CC(C3)C1)C2. The van der Waals surface area contributed by atoms with E-state index in [1.807, 2.05) is 0 Å². The summed E-state index contributed by atoms with van der Waals surface area (Å²) in [5.74, 6) is -0.0303. The molecule has 2 N–H and O–H groups in total. The summed E-state index contributed by atoms with van der Waals surface area (Å²) in [7, 11) is 0. The van der Waals surface area contributed by atoms with E-state index in [1.165, 1.54) is 37.5 Å². The molecule has 4 fully saturated rings. The van der Waals surface area contributed by atoms with E-state index in [9.17, 15) is 29.3 Å². The maximum atomic E-state index is 12.6. The molecule has 0 atom stereocenters. The van der Waals surface area contributed by atoms with Gasteiger partial charge in [-0.2, -0.15) is 0 Å². The Morgan fingerprint density at radius 3 is 2.21 bits per heavy atom. The summed E-state index contributed by atoms with van der Waals surface area (Å²) >= 11 is 0. The molecule has 4 bridgehead atoms. The third-order valence-electron chi connectivity index (χ3n) is 7.78. The Labute approximate surface area is 190 Å². The van der Waals surface area contributed by atoms with Gasteiger partial charge in [-0.25, -0.2) is 0 Å². The molecule has 4 saturated carbocycles. The van der Waals surface area contributed by atoms with E-state index in [-0.39, 0.29) is 35.4 Å². The summed E-state index contributed by atoms with van der Waals surface area (Å²) in [6.07, 6.45) is 7.32. The van der Waals surface area contributed by atoms with Crippen LogP contribution in [0, 0.1) is 33.3 Å². The summed E-state index contributed by atoms with van der Waals surface area (Å²) in [5.41, 5.74) is 4.18. The monoisotopic (exact) mass is 454 g/mol. The molecule has 0 radical (unpaired) electrons. The number of benzene rings is 1.